The summed E-state index contributed by atoms with van der Waals surface area (Å²) in [7, 11) is 0. The highest BCUT2D eigenvalue weighted by Gasteiger charge is 2.24. The maximum atomic E-state index is 13.7. The molecule has 0 aliphatic carbocycles. The van der Waals surface area contributed by atoms with E-state index in [2.05, 4.69) is 0 Å². The van der Waals surface area contributed by atoms with E-state index in [1.165, 1.54) is 12.1 Å². The SMILES string of the molecule is O=C(O)c1ccc(N2CC[C@H](CO)C2)c(F)c1. The first kappa shape index (κ1) is 11.9. The first-order valence-electron chi connectivity index (χ1n) is 5.50. The van der Waals surface area contributed by atoms with Crippen molar-refractivity contribution in [1.82, 2.24) is 0 Å². The summed E-state index contributed by atoms with van der Waals surface area (Å²) in [5, 5.41) is 17.8. The van der Waals surface area contributed by atoms with Gasteiger partial charge in [-0.05, 0) is 24.6 Å². The Hall–Kier alpha value is -1.62. The van der Waals surface area contributed by atoms with Crippen LogP contribution in [0.2, 0.25) is 0 Å². The van der Waals surface area contributed by atoms with Crippen LogP contribution < -0.4 is 4.90 Å². The number of carboxylic acids is 1. The van der Waals surface area contributed by atoms with Gasteiger partial charge in [0.05, 0.1) is 11.3 Å². The van der Waals surface area contributed by atoms with Crippen molar-refractivity contribution in [3.8, 4) is 0 Å². The van der Waals surface area contributed by atoms with E-state index < -0.39 is 11.8 Å². The third kappa shape index (κ3) is 2.39. The Bertz CT molecular complexity index is 436. The van der Waals surface area contributed by atoms with Crippen LogP contribution in [0.25, 0.3) is 0 Å². The van der Waals surface area contributed by atoms with E-state index in [9.17, 15) is 9.18 Å². The lowest BCUT2D eigenvalue weighted by molar-refractivity contribution is 0.0696. The van der Waals surface area contributed by atoms with Gasteiger partial charge in [-0.1, -0.05) is 0 Å². The second kappa shape index (κ2) is 4.71. The van der Waals surface area contributed by atoms with Gasteiger partial charge in [-0.3, -0.25) is 0 Å². The van der Waals surface area contributed by atoms with Crippen LogP contribution in [0.15, 0.2) is 18.2 Å². The largest absolute Gasteiger partial charge is 0.478 e. The summed E-state index contributed by atoms with van der Waals surface area (Å²) in [6, 6.07) is 3.91. The molecular weight excluding hydrogens is 225 g/mol. The molecule has 0 aromatic heterocycles. The molecule has 1 aromatic rings. The average Bonchev–Trinajstić information content (AvgIpc) is 2.77. The zero-order chi connectivity index (χ0) is 12.4. The first-order valence-corrected chi connectivity index (χ1v) is 5.50. The van der Waals surface area contributed by atoms with Crippen LogP contribution >= 0.6 is 0 Å². The lowest BCUT2D eigenvalue weighted by Gasteiger charge is -2.19. The minimum absolute atomic E-state index is 0.0517. The molecule has 1 aliphatic heterocycles. The molecule has 0 saturated carbocycles. The zero-order valence-corrected chi connectivity index (χ0v) is 9.27. The molecule has 5 heteroatoms. The number of aromatic carboxylic acids is 1. The standard InChI is InChI=1S/C12H14FNO3/c13-10-5-9(12(16)17)1-2-11(10)14-4-3-8(6-14)7-15/h1-2,5,8,15H,3-4,6-7H2,(H,16,17)/t8-/m0/s1. The van der Waals surface area contributed by atoms with E-state index in [1.54, 1.807) is 0 Å². The van der Waals surface area contributed by atoms with Crippen molar-refractivity contribution in [2.24, 2.45) is 5.92 Å². The van der Waals surface area contributed by atoms with Crippen molar-refractivity contribution >= 4 is 11.7 Å². The van der Waals surface area contributed by atoms with Crippen molar-refractivity contribution < 1.29 is 19.4 Å². The number of carboxylic acid groups (broad SMARTS) is 1. The topological polar surface area (TPSA) is 60.8 Å². The average molecular weight is 239 g/mol. The van der Waals surface area contributed by atoms with Gasteiger partial charge < -0.3 is 15.1 Å². The van der Waals surface area contributed by atoms with Crippen molar-refractivity contribution in [2.75, 3.05) is 24.6 Å². The summed E-state index contributed by atoms with van der Waals surface area (Å²) in [6.07, 6.45) is 0.830. The fourth-order valence-corrected chi connectivity index (χ4v) is 2.10. The number of aliphatic hydroxyl groups excluding tert-OH is 1. The Balaban J connectivity index is 2.20. The predicted molar refractivity (Wildman–Crippen MR) is 60.8 cm³/mol. The Kier molecular flexibility index (Phi) is 3.28. The highest BCUT2D eigenvalue weighted by atomic mass is 19.1. The Morgan fingerprint density at radius 1 is 1.53 bits per heavy atom. The Morgan fingerprint density at radius 2 is 2.29 bits per heavy atom. The van der Waals surface area contributed by atoms with Gasteiger partial charge in [-0.15, -0.1) is 0 Å². The molecule has 0 radical (unpaired) electrons. The summed E-state index contributed by atoms with van der Waals surface area (Å²) in [4.78, 5) is 12.5. The molecule has 4 nitrogen and oxygen atoms in total. The quantitative estimate of drug-likeness (QED) is 0.835. The maximum absolute atomic E-state index is 13.7. The summed E-state index contributed by atoms with van der Waals surface area (Å²) in [5.74, 6) is -1.48. The van der Waals surface area contributed by atoms with Crippen LogP contribution in [0.4, 0.5) is 10.1 Å². The number of halogens is 1. The molecule has 0 amide bonds. The fourth-order valence-electron chi connectivity index (χ4n) is 2.10. The van der Waals surface area contributed by atoms with Gasteiger partial charge in [0.1, 0.15) is 5.82 Å². The van der Waals surface area contributed by atoms with E-state index in [1.807, 2.05) is 4.90 Å². The minimum Gasteiger partial charge on any atom is -0.478 e. The number of hydrogen-bond acceptors (Lipinski definition) is 3. The summed E-state index contributed by atoms with van der Waals surface area (Å²) >= 11 is 0. The number of rotatable bonds is 3. The summed E-state index contributed by atoms with van der Waals surface area (Å²) < 4.78 is 13.7. The molecule has 2 rings (SSSR count). The molecule has 0 spiro atoms. The van der Waals surface area contributed by atoms with Crippen LogP contribution in [0.1, 0.15) is 16.8 Å². The van der Waals surface area contributed by atoms with Crippen LogP contribution in [-0.4, -0.2) is 35.9 Å². The van der Waals surface area contributed by atoms with Crippen molar-refractivity contribution in [3.63, 3.8) is 0 Å². The summed E-state index contributed by atoms with van der Waals surface area (Å²) in [6.45, 7) is 1.40. The highest BCUT2D eigenvalue weighted by Crippen LogP contribution is 2.26. The molecular formula is C12H14FNO3. The van der Waals surface area contributed by atoms with Crippen molar-refractivity contribution in [3.05, 3.63) is 29.6 Å². The number of anilines is 1. The van der Waals surface area contributed by atoms with Crippen LogP contribution in [-0.2, 0) is 0 Å². The Labute approximate surface area is 98.3 Å². The van der Waals surface area contributed by atoms with Gasteiger partial charge in [0.25, 0.3) is 0 Å². The van der Waals surface area contributed by atoms with Gasteiger partial charge in [0, 0.05) is 25.6 Å². The van der Waals surface area contributed by atoms with Crippen LogP contribution in [0.5, 0.6) is 0 Å². The number of hydrogen-bond donors (Lipinski definition) is 2. The molecule has 1 fully saturated rings. The zero-order valence-electron chi connectivity index (χ0n) is 9.27. The number of aliphatic hydroxyl groups is 1. The minimum atomic E-state index is -1.13. The lowest BCUT2D eigenvalue weighted by Crippen LogP contribution is -2.21. The molecule has 0 bridgehead atoms. The first-order chi connectivity index (χ1) is 8.11. The molecule has 92 valence electrons. The van der Waals surface area contributed by atoms with Gasteiger partial charge in [0.2, 0.25) is 0 Å². The molecule has 1 atom stereocenters. The van der Waals surface area contributed by atoms with Gasteiger partial charge in [-0.2, -0.15) is 0 Å². The number of carbonyl (C=O) groups is 1. The third-order valence-electron chi connectivity index (χ3n) is 3.08. The lowest BCUT2D eigenvalue weighted by atomic mass is 10.1. The van der Waals surface area contributed by atoms with Crippen molar-refractivity contribution in [2.45, 2.75) is 6.42 Å². The Morgan fingerprint density at radius 3 is 2.82 bits per heavy atom. The maximum Gasteiger partial charge on any atom is 0.335 e. The molecule has 1 saturated heterocycles. The van der Waals surface area contributed by atoms with Gasteiger partial charge >= 0.3 is 5.97 Å². The van der Waals surface area contributed by atoms with E-state index >= 15 is 0 Å². The molecule has 17 heavy (non-hydrogen) atoms. The number of nitrogens with zero attached hydrogens (tertiary/aromatic N) is 1. The monoisotopic (exact) mass is 239 g/mol. The highest BCUT2D eigenvalue weighted by molar-refractivity contribution is 5.88. The fraction of sp³-hybridized carbons (Fsp3) is 0.417. The van der Waals surface area contributed by atoms with E-state index in [0.717, 1.165) is 12.5 Å². The molecule has 1 heterocycles. The van der Waals surface area contributed by atoms with Crippen molar-refractivity contribution in [1.29, 1.82) is 0 Å². The van der Waals surface area contributed by atoms with E-state index in [4.69, 9.17) is 10.2 Å². The van der Waals surface area contributed by atoms with E-state index in [-0.39, 0.29) is 18.1 Å². The number of benzene rings is 1. The molecule has 1 aromatic carbocycles. The smallest absolute Gasteiger partial charge is 0.335 e. The van der Waals surface area contributed by atoms with Crippen LogP contribution in [0.3, 0.4) is 0 Å². The normalized spacial score (nSPS) is 19.6. The molecule has 0 unspecified atom stereocenters. The second-order valence-electron chi connectivity index (χ2n) is 4.25. The van der Waals surface area contributed by atoms with Gasteiger partial charge in [0.15, 0.2) is 0 Å². The molecule has 1 aliphatic rings. The second-order valence-corrected chi connectivity index (χ2v) is 4.25. The summed E-state index contributed by atoms with van der Waals surface area (Å²) in [5.41, 5.74) is 0.357. The predicted octanol–water partition coefficient (Wildman–Crippen LogP) is 1.34. The van der Waals surface area contributed by atoms with Crippen LogP contribution in [0, 0.1) is 11.7 Å². The molecule has 2 N–H and O–H groups in total. The van der Waals surface area contributed by atoms with Gasteiger partial charge in [-0.25, -0.2) is 9.18 Å². The van der Waals surface area contributed by atoms with E-state index in [0.29, 0.717) is 18.8 Å². The third-order valence-corrected chi connectivity index (χ3v) is 3.08.